The second kappa shape index (κ2) is 7.05. The summed E-state index contributed by atoms with van der Waals surface area (Å²) in [4.78, 5) is 16.3. The molecule has 0 saturated carbocycles. The van der Waals surface area contributed by atoms with Crippen molar-refractivity contribution in [2.24, 2.45) is 0 Å². The Labute approximate surface area is 123 Å². The van der Waals surface area contributed by atoms with Crippen LogP contribution in [0.3, 0.4) is 0 Å². The van der Waals surface area contributed by atoms with Gasteiger partial charge >= 0.3 is 0 Å². The number of carbonyl (C=O) groups excluding carboxylic acids is 1. The highest BCUT2D eigenvalue weighted by molar-refractivity contribution is 7.09. The number of carbonyl (C=O) groups is 1. The summed E-state index contributed by atoms with van der Waals surface area (Å²) < 4.78 is 0. The molecule has 1 heterocycles. The lowest BCUT2D eigenvalue weighted by Crippen LogP contribution is -2.23. The third kappa shape index (κ3) is 4.06. The fourth-order valence-electron chi connectivity index (χ4n) is 1.79. The molecule has 0 radical (unpaired) electrons. The van der Waals surface area contributed by atoms with Crippen LogP contribution in [0.2, 0.25) is 0 Å². The maximum Gasteiger partial charge on any atom is 0.251 e. The summed E-state index contributed by atoms with van der Waals surface area (Å²) in [5.41, 5.74) is 2.63. The molecule has 2 aromatic rings. The monoisotopic (exact) mass is 289 g/mol. The molecular weight excluding hydrogens is 270 g/mol. The van der Waals surface area contributed by atoms with E-state index in [0.29, 0.717) is 18.7 Å². The first-order valence-corrected chi connectivity index (χ1v) is 7.60. The Hall–Kier alpha value is -1.88. The van der Waals surface area contributed by atoms with E-state index in [1.807, 2.05) is 43.5 Å². The Balaban J connectivity index is 1.97. The smallest absolute Gasteiger partial charge is 0.251 e. The first-order chi connectivity index (χ1) is 9.69. The molecule has 5 heteroatoms. The number of aryl methyl sites for hydroxylation is 1. The number of rotatable bonds is 6. The average Bonchev–Trinajstić information content (AvgIpc) is 2.88. The Morgan fingerprint density at radius 2 is 2.25 bits per heavy atom. The number of nitrogens with one attached hydrogen (secondary N) is 2. The SMILES string of the molecule is CCCNC(=O)c1cccc(NCc2csc(C)n2)c1. The zero-order chi connectivity index (χ0) is 14.4. The highest BCUT2D eigenvalue weighted by Crippen LogP contribution is 2.13. The Morgan fingerprint density at radius 3 is 2.95 bits per heavy atom. The van der Waals surface area contributed by atoms with Crippen LogP contribution in [-0.4, -0.2) is 17.4 Å². The molecule has 0 unspecified atom stereocenters. The molecule has 0 aliphatic carbocycles. The number of anilines is 1. The van der Waals surface area contributed by atoms with Gasteiger partial charge in [-0.1, -0.05) is 13.0 Å². The van der Waals surface area contributed by atoms with Crippen molar-refractivity contribution in [3.05, 3.63) is 45.9 Å². The molecule has 0 spiro atoms. The van der Waals surface area contributed by atoms with Gasteiger partial charge in [0.2, 0.25) is 0 Å². The summed E-state index contributed by atoms with van der Waals surface area (Å²) in [5.74, 6) is -0.0278. The van der Waals surface area contributed by atoms with E-state index in [1.165, 1.54) is 0 Å². The largest absolute Gasteiger partial charge is 0.379 e. The number of aromatic nitrogens is 1. The van der Waals surface area contributed by atoms with Crippen LogP contribution in [-0.2, 0) is 6.54 Å². The first-order valence-electron chi connectivity index (χ1n) is 6.72. The molecule has 0 atom stereocenters. The van der Waals surface area contributed by atoms with Gasteiger partial charge in [-0.05, 0) is 31.5 Å². The minimum atomic E-state index is -0.0278. The fraction of sp³-hybridized carbons (Fsp3) is 0.333. The van der Waals surface area contributed by atoms with Gasteiger partial charge in [0.15, 0.2) is 0 Å². The lowest BCUT2D eigenvalue weighted by atomic mass is 10.2. The van der Waals surface area contributed by atoms with Crippen LogP contribution in [0.15, 0.2) is 29.6 Å². The zero-order valence-electron chi connectivity index (χ0n) is 11.8. The molecule has 106 valence electrons. The third-order valence-electron chi connectivity index (χ3n) is 2.80. The molecule has 2 N–H and O–H groups in total. The van der Waals surface area contributed by atoms with E-state index in [-0.39, 0.29) is 5.91 Å². The van der Waals surface area contributed by atoms with Crippen LogP contribution in [0.25, 0.3) is 0 Å². The van der Waals surface area contributed by atoms with Crippen LogP contribution in [0.4, 0.5) is 5.69 Å². The van der Waals surface area contributed by atoms with E-state index in [2.05, 4.69) is 15.6 Å². The topological polar surface area (TPSA) is 54.0 Å². The summed E-state index contributed by atoms with van der Waals surface area (Å²) in [6.45, 7) is 5.40. The Kier molecular flexibility index (Phi) is 5.12. The summed E-state index contributed by atoms with van der Waals surface area (Å²) in [6, 6.07) is 7.53. The minimum Gasteiger partial charge on any atom is -0.379 e. The summed E-state index contributed by atoms with van der Waals surface area (Å²) in [7, 11) is 0. The summed E-state index contributed by atoms with van der Waals surface area (Å²) >= 11 is 1.64. The molecule has 0 aliphatic rings. The normalized spacial score (nSPS) is 10.3. The van der Waals surface area contributed by atoms with E-state index in [9.17, 15) is 4.79 Å². The number of amides is 1. The van der Waals surface area contributed by atoms with E-state index < -0.39 is 0 Å². The highest BCUT2D eigenvalue weighted by Gasteiger charge is 2.05. The number of thiazole rings is 1. The van der Waals surface area contributed by atoms with E-state index >= 15 is 0 Å². The molecule has 1 aromatic carbocycles. The molecule has 1 aromatic heterocycles. The van der Waals surface area contributed by atoms with Crippen LogP contribution < -0.4 is 10.6 Å². The van der Waals surface area contributed by atoms with Crippen LogP contribution >= 0.6 is 11.3 Å². The molecule has 0 fully saturated rings. The maximum atomic E-state index is 11.9. The predicted molar refractivity (Wildman–Crippen MR) is 83.2 cm³/mol. The van der Waals surface area contributed by atoms with Crippen molar-refractivity contribution < 1.29 is 4.79 Å². The Morgan fingerprint density at radius 1 is 1.40 bits per heavy atom. The van der Waals surface area contributed by atoms with Crippen LogP contribution in [0.1, 0.15) is 34.4 Å². The maximum absolute atomic E-state index is 11.9. The second-order valence-electron chi connectivity index (χ2n) is 4.55. The lowest BCUT2D eigenvalue weighted by Gasteiger charge is -2.07. The van der Waals surface area contributed by atoms with E-state index in [4.69, 9.17) is 0 Å². The second-order valence-corrected chi connectivity index (χ2v) is 5.61. The van der Waals surface area contributed by atoms with Crippen molar-refractivity contribution in [3.63, 3.8) is 0 Å². The molecule has 1 amide bonds. The van der Waals surface area contributed by atoms with Crippen molar-refractivity contribution in [1.82, 2.24) is 10.3 Å². The van der Waals surface area contributed by atoms with Gasteiger partial charge in [0.25, 0.3) is 5.91 Å². The zero-order valence-corrected chi connectivity index (χ0v) is 12.6. The fourth-order valence-corrected chi connectivity index (χ4v) is 2.41. The number of hydrogen-bond donors (Lipinski definition) is 2. The van der Waals surface area contributed by atoms with Crippen molar-refractivity contribution >= 4 is 22.9 Å². The van der Waals surface area contributed by atoms with Gasteiger partial charge in [0.05, 0.1) is 17.2 Å². The van der Waals surface area contributed by atoms with Crippen molar-refractivity contribution in [2.75, 3.05) is 11.9 Å². The molecule has 0 aliphatic heterocycles. The van der Waals surface area contributed by atoms with Crippen molar-refractivity contribution in [2.45, 2.75) is 26.8 Å². The van der Waals surface area contributed by atoms with E-state index in [1.54, 1.807) is 11.3 Å². The van der Waals surface area contributed by atoms with Gasteiger partial charge in [-0.15, -0.1) is 11.3 Å². The average molecular weight is 289 g/mol. The summed E-state index contributed by atoms with van der Waals surface area (Å²) in [6.07, 6.45) is 0.937. The van der Waals surface area contributed by atoms with Gasteiger partial charge in [-0.2, -0.15) is 0 Å². The highest BCUT2D eigenvalue weighted by atomic mass is 32.1. The summed E-state index contributed by atoms with van der Waals surface area (Å²) in [5, 5.41) is 9.27. The third-order valence-corrected chi connectivity index (χ3v) is 3.62. The van der Waals surface area contributed by atoms with Gasteiger partial charge in [-0.25, -0.2) is 4.98 Å². The molecule has 2 rings (SSSR count). The quantitative estimate of drug-likeness (QED) is 0.858. The van der Waals surface area contributed by atoms with Crippen molar-refractivity contribution in [3.8, 4) is 0 Å². The lowest BCUT2D eigenvalue weighted by molar-refractivity contribution is 0.0953. The molecular formula is C15H19N3OS. The molecule has 20 heavy (non-hydrogen) atoms. The first kappa shape index (κ1) is 14.5. The molecule has 0 saturated heterocycles. The van der Waals surface area contributed by atoms with E-state index in [0.717, 1.165) is 22.8 Å². The minimum absolute atomic E-state index is 0.0278. The van der Waals surface area contributed by atoms with Gasteiger partial charge in [0.1, 0.15) is 0 Å². The molecule has 0 bridgehead atoms. The standard InChI is InChI=1S/C15H19N3OS/c1-3-7-16-15(19)12-5-4-6-13(8-12)17-9-14-10-20-11(2)18-14/h4-6,8,10,17H,3,7,9H2,1-2H3,(H,16,19). The van der Waals surface area contributed by atoms with Crippen LogP contribution in [0.5, 0.6) is 0 Å². The van der Waals surface area contributed by atoms with Gasteiger partial charge < -0.3 is 10.6 Å². The van der Waals surface area contributed by atoms with Crippen molar-refractivity contribution in [1.29, 1.82) is 0 Å². The number of nitrogens with zero attached hydrogens (tertiary/aromatic N) is 1. The number of hydrogen-bond acceptors (Lipinski definition) is 4. The number of benzene rings is 1. The Bertz CT molecular complexity index is 580. The molecule has 4 nitrogen and oxygen atoms in total. The van der Waals surface area contributed by atoms with Gasteiger partial charge in [-0.3, -0.25) is 4.79 Å². The van der Waals surface area contributed by atoms with Crippen LogP contribution in [0, 0.1) is 6.92 Å². The van der Waals surface area contributed by atoms with Gasteiger partial charge in [0, 0.05) is 23.2 Å². The predicted octanol–water partition coefficient (Wildman–Crippen LogP) is 3.20.